The SMILES string of the molecule is CC(=O)CC1[C@H]2CN(c3nc(-c4cccs4)nc4c3CCCC4(F)F)C[C@@H]12. The lowest BCUT2D eigenvalue weighted by Crippen LogP contribution is -2.31. The van der Waals surface area contributed by atoms with Gasteiger partial charge in [0.05, 0.1) is 4.88 Å². The van der Waals surface area contributed by atoms with Gasteiger partial charge in [-0.2, -0.15) is 8.78 Å². The molecule has 7 heteroatoms. The number of alkyl halides is 2. The van der Waals surface area contributed by atoms with E-state index in [-0.39, 0.29) is 17.9 Å². The topological polar surface area (TPSA) is 46.1 Å². The van der Waals surface area contributed by atoms with Crippen molar-refractivity contribution < 1.29 is 13.6 Å². The van der Waals surface area contributed by atoms with Crippen LogP contribution in [0.4, 0.5) is 14.6 Å². The Morgan fingerprint density at radius 3 is 2.78 bits per heavy atom. The van der Waals surface area contributed by atoms with E-state index < -0.39 is 5.92 Å². The van der Waals surface area contributed by atoms with Crippen LogP contribution in [-0.4, -0.2) is 28.8 Å². The number of nitrogens with zero attached hydrogens (tertiary/aromatic N) is 3. The highest BCUT2D eigenvalue weighted by Crippen LogP contribution is 2.55. The molecule has 0 N–H and O–H groups in total. The van der Waals surface area contributed by atoms with Gasteiger partial charge in [0.1, 0.15) is 17.3 Å². The van der Waals surface area contributed by atoms with Crippen molar-refractivity contribution in [1.29, 1.82) is 0 Å². The summed E-state index contributed by atoms with van der Waals surface area (Å²) in [5, 5.41) is 1.91. The van der Waals surface area contributed by atoms with Crippen molar-refractivity contribution in [3.63, 3.8) is 0 Å². The molecule has 2 fully saturated rings. The number of Topliss-reactive ketones (excluding diaryl/α,β-unsaturated/α-hetero) is 1. The second-order valence-corrected chi connectivity index (χ2v) is 8.98. The molecule has 1 saturated carbocycles. The van der Waals surface area contributed by atoms with Crippen LogP contribution in [-0.2, 0) is 17.1 Å². The number of hydrogen-bond acceptors (Lipinski definition) is 5. The lowest BCUT2D eigenvalue weighted by atomic mass is 9.92. The Bertz CT molecular complexity index is 887. The van der Waals surface area contributed by atoms with E-state index in [1.54, 1.807) is 6.92 Å². The minimum atomic E-state index is -2.89. The lowest BCUT2D eigenvalue weighted by molar-refractivity contribution is -0.117. The van der Waals surface area contributed by atoms with Crippen LogP contribution >= 0.6 is 11.3 Å². The first kappa shape index (κ1) is 17.2. The first-order valence-corrected chi connectivity index (χ1v) is 10.4. The highest BCUT2D eigenvalue weighted by Gasteiger charge is 2.56. The summed E-state index contributed by atoms with van der Waals surface area (Å²) in [4.78, 5) is 23.4. The second kappa shape index (κ2) is 6.06. The van der Waals surface area contributed by atoms with Gasteiger partial charge in [-0.05, 0) is 49.0 Å². The Morgan fingerprint density at radius 1 is 1.33 bits per heavy atom. The van der Waals surface area contributed by atoms with Crippen LogP contribution in [0.1, 0.15) is 37.4 Å². The Hall–Kier alpha value is -1.89. The van der Waals surface area contributed by atoms with Crippen molar-refractivity contribution in [2.24, 2.45) is 17.8 Å². The maximum atomic E-state index is 14.6. The molecular weight excluding hydrogens is 368 g/mol. The number of halogens is 2. The van der Waals surface area contributed by atoms with Crippen LogP contribution < -0.4 is 4.90 Å². The summed E-state index contributed by atoms with van der Waals surface area (Å²) in [7, 11) is 0. The van der Waals surface area contributed by atoms with E-state index in [1.165, 1.54) is 11.3 Å². The van der Waals surface area contributed by atoms with E-state index >= 15 is 0 Å². The highest BCUT2D eigenvalue weighted by atomic mass is 32.1. The number of piperidine rings is 1. The van der Waals surface area contributed by atoms with Gasteiger partial charge < -0.3 is 9.69 Å². The molecule has 2 aromatic rings. The van der Waals surface area contributed by atoms with Crippen LogP contribution in [0.25, 0.3) is 10.7 Å². The van der Waals surface area contributed by atoms with Crippen LogP contribution in [0.3, 0.4) is 0 Å². The molecular formula is C20H21F2N3OS. The van der Waals surface area contributed by atoms with E-state index in [1.807, 2.05) is 17.5 Å². The first-order valence-electron chi connectivity index (χ1n) is 9.51. The van der Waals surface area contributed by atoms with Crippen molar-refractivity contribution in [3.05, 3.63) is 28.8 Å². The molecule has 0 aromatic carbocycles. The maximum Gasteiger partial charge on any atom is 0.290 e. The smallest absolute Gasteiger partial charge is 0.290 e. The number of rotatable bonds is 4. The van der Waals surface area contributed by atoms with Gasteiger partial charge in [0.15, 0.2) is 5.82 Å². The highest BCUT2D eigenvalue weighted by molar-refractivity contribution is 7.13. The zero-order valence-corrected chi connectivity index (χ0v) is 15.9. The Labute approximate surface area is 160 Å². The van der Waals surface area contributed by atoms with E-state index in [9.17, 15) is 13.6 Å². The van der Waals surface area contributed by atoms with Gasteiger partial charge in [-0.3, -0.25) is 0 Å². The van der Waals surface area contributed by atoms with Crippen molar-refractivity contribution in [2.75, 3.05) is 18.0 Å². The van der Waals surface area contributed by atoms with Crippen molar-refractivity contribution >= 4 is 22.9 Å². The standard InChI is InChI=1S/C20H21F2N3OS/c1-11(26)8-13-14-9-25(10-15(13)14)19-12-4-2-6-20(21,22)17(12)23-18(24-19)16-5-3-7-27-16/h3,5,7,13-15H,2,4,6,8-10H2,1H3/t13?,14-,15+. The molecule has 5 rings (SSSR count). The first-order chi connectivity index (χ1) is 12.9. The van der Waals surface area contributed by atoms with E-state index in [4.69, 9.17) is 4.98 Å². The molecule has 0 spiro atoms. The molecule has 1 unspecified atom stereocenters. The van der Waals surface area contributed by atoms with E-state index in [0.29, 0.717) is 54.2 Å². The van der Waals surface area contributed by atoms with Gasteiger partial charge >= 0.3 is 0 Å². The molecule has 0 amide bonds. The van der Waals surface area contributed by atoms with Crippen LogP contribution in [0, 0.1) is 17.8 Å². The monoisotopic (exact) mass is 389 g/mol. The summed E-state index contributed by atoms with van der Waals surface area (Å²) in [6, 6.07) is 3.76. The fourth-order valence-corrected chi connectivity index (χ4v) is 5.50. The minimum Gasteiger partial charge on any atom is -0.356 e. The summed E-state index contributed by atoms with van der Waals surface area (Å²) < 4.78 is 29.3. The van der Waals surface area contributed by atoms with Gasteiger partial charge in [-0.15, -0.1) is 11.3 Å². The number of carbonyl (C=O) groups is 1. The van der Waals surface area contributed by atoms with Crippen LogP contribution in [0.2, 0.25) is 0 Å². The van der Waals surface area contributed by atoms with Crippen LogP contribution in [0.5, 0.6) is 0 Å². The number of carbonyl (C=O) groups excluding carboxylic acids is 1. The molecule has 3 aliphatic rings. The van der Waals surface area contributed by atoms with Crippen molar-refractivity contribution in [2.45, 2.75) is 38.5 Å². The zero-order valence-electron chi connectivity index (χ0n) is 15.1. The Balaban J connectivity index is 1.51. The molecule has 1 saturated heterocycles. The molecule has 2 aliphatic carbocycles. The summed E-state index contributed by atoms with van der Waals surface area (Å²) in [5.74, 6) is -0.105. The third kappa shape index (κ3) is 2.87. The number of fused-ring (bicyclic) bond motifs is 2. The maximum absolute atomic E-state index is 14.6. The molecule has 3 atom stereocenters. The molecule has 27 heavy (non-hydrogen) atoms. The van der Waals surface area contributed by atoms with Crippen molar-refractivity contribution in [1.82, 2.24) is 9.97 Å². The number of ketones is 1. The fraction of sp³-hybridized carbons (Fsp3) is 0.550. The molecule has 142 valence electrons. The largest absolute Gasteiger partial charge is 0.356 e. The van der Waals surface area contributed by atoms with E-state index in [0.717, 1.165) is 18.0 Å². The predicted molar refractivity (Wildman–Crippen MR) is 100 cm³/mol. The van der Waals surface area contributed by atoms with Gasteiger partial charge in [0, 0.05) is 31.5 Å². The summed E-state index contributed by atoms with van der Waals surface area (Å²) in [6.45, 7) is 3.25. The number of hydrogen-bond donors (Lipinski definition) is 0. The molecule has 3 heterocycles. The number of anilines is 1. The average Bonchev–Trinajstić information content (AvgIpc) is 3.06. The van der Waals surface area contributed by atoms with Gasteiger partial charge in [0.2, 0.25) is 0 Å². The molecule has 0 radical (unpaired) electrons. The van der Waals surface area contributed by atoms with E-state index in [2.05, 4.69) is 9.88 Å². The molecule has 1 aliphatic heterocycles. The number of thiophene rings is 1. The van der Waals surface area contributed by atoms with Crippen LogP contribution in [0.15, 0.2) is 17.5 Å². The van der Waals surface area contributed by atoms with Gasteiger partial charge in [0.25, 0.3) is 5.92 Å². The summed E-state index contributed by atoms with van der Waals surface area (Å²) in [5.41, 5.74) is 0.541. The average molecular weight is 389 g/mol. The minimum absolute atomic E-state index is 0.0805. The molecule has 2 aromatic heterocycles. The fourth-order valence-electron chi connectivity index (χ4n) is 4.85. The quantitative estimate of drug-likeness (QED) is 0.782. The van der Waals surface area contributed by atoms with Gasteiger partial charge in [-0.25, -0.2) is 9.97 Å². The summed E-state index contributed by atoms with van der Waals surface area (Å²) >= 11 is 1.47. The second-order valence-electron chi connectivity index (χ2n) is 8.04. The molecule has 4 nitrogen and oxygen atoms in total. The lowest BCUT2D eigenvalue weighted by Gasteiger charge is -2.30. The van der Waals surface area contributed by atoms with Gasteiger partial charge in [-0.1, -0.05) is 6.07 Å². The number of aromatic nitrogens is 2. The molecule has 0 bridgehead atoms. The third-order valence-electron chi connectivity index (χ3n) is 6.18. The summed E-state index contributed by atoms with van der Waals surface area (Å²) in [6.07, 6.45) is 1.56. The Kier molecular flexibility index (Phi) is 3.86. The normalized spacial score (nSPS) is 28.0. The van der Waals surface area contributed by atoms with Crippen molar-refractivity contribution in [3.8, 4) is 10.7 Å². The third-order valence-corrected chi connectivity index (χ3v) is 7.05. The zero-order chi connectivity index (χ0) is 18.8. The Morgan fingerprint density at radius 2 is 2.11 bits per heavy atom. The predicted octanol–water partition coefficient (Wildman–Crippen LogP) is 4.29.